The first-order valence-corrected chi connectivity index (χ1v) is 6.32. The summed E-state index contributed by atoms with van der Waals surface area (Å²) < 4.78 is 5.44. The summed E-state index contributed by atoms with van der Waals surface area (Å²) in [4.78, 5) is 11.5. The third kappa shape index (κ3) is 4.97. The maximum Gasteiger partial charge on any atom is 0.308 e. The minimum Gasteiger partial charge on any atom is -0.462 e. The van der Waals surface area contributed by atoms with E-state index >= 15 is 0 Å². The standard InChI is InChI=1S/C13H26O3/c1-6-8-12(10(5)11(14)7-2)16-13(15)9(3)4/h9-12,14H,6-8H2,1-5H3/t10-,11-,12-/m1/s1. The van der Waals surface area contributed by atoms with Gasteiger partial charge in [-0.1, -0.05) is 41.0 Å². The topological polar surface area (TPSA) is 46.5 Å². The molecule has 0 heterocycles. The molecule has 96 valence electrons. The molecule has 0 aromatic carbocycles. The van der Waals surface area contributed by atoms with Gasteiger partial charge in [0.2, 0.25) is 0 Å². The second kappa shape index (κ2) is 7.66. The van der Waals surface area contributed by atoms with Gasteiger partial charge in [-0.05, 0) is 12.8 Å². The van der Waals surface area contributed by atoms with Crippen molar-refractivity contribution in [1.29, 1.82) is 0 Å². The number of ether oxygens (including phenoxy) is 1. The molecule has 0 spiro atoms. The fraction of sp³-hybridized carbons (Fsp3) is 0.923. The summed E-state index contributed by atoms with van der Waals surface area (Å²) in [6.07, 6.45) is 1.92. The zero-order valence-corrected chi connectivity index (χ0v) is 11.2. The number of hydrogen-bond acceptors (Lipinski definition) is 3. The Bertz CT molecular complexity index is 201. The van der Waals surface area contributed by atoms with E-state index in [1.165, 1.54) is 0 Å². The van der Waals surface area contributed by atoms with Crippen LogP contribution in [-0.4, -0.2) is 23.3 Å². The molecule has 0 aromatic rings. The molecular weight excluding hydrogens is 204 g/mol. The van der Waals surface area contributed by atoms with Crippen molar-refractivity contribution in [3.8, 4) is 0 Å². The summed E-state index contributed by atoms with van der Waals surface area (Å²) in [6, 6.07) is 0. The molecule has 0 fully saturated rings. The number of esters is 1. The summed E-state index contributed by atoms with van der Waals surface area (Å²) in [6.45, 7) is 9.59. The lowest BCUT2D eigenvalue weighted by molar-refractivity contribution is -0.158. The minimum absolute atomic E-state index is 0.00708. The molecule has 0 radical (unpaired) electrons. The van der Waals surface area contributed by atoms with Crippen LogP contribution in [0.3, 0.4) is 0 Å². The molecular formula is C13H26O3. The molecule has 0 saturated carbocycles. The molecule has 0 unspecified atom stereocenters. The van der Waals surface area contributed by atoms with E-state index in [-0.39, 0.29) is 23.9 Å². The molecule has 3 nitrogen and oxygen atoms in total. The molecule has 0 aliphatic heterocycles. The fourth-order valence-electron chi connectivity index (χ4n) is 1.62. The van der Waals surface area contributed by atoms with E-state index in [1.807, 2.05) is 27.7 Å². The van der Waals surface area contributed by atoms with Crippen LogP contribution in [0.25, 0.3) is 0 Å². The maximum atomic E-state index is 11.5. The van der Waals surface area contributed by atoms with Crippen LogP contribution >= 0.6 is 0 Å². The van der Waals surface area contributed by atoms with Crippen molar-refractivity contribution in [2.45, 2.75) is 66.1 Å². The molecule has 0 aliphatic rings. The van der Waals surface area contributed by atoms with Crippen molar-refractivity contribution in [2.75, 3.05) is 0 Å². The Kier molecular flexibility index (Phi) is 7.39. The lowest BCUT2D eigenvalue weighted by Crippen LogP contribution is -2.34. The van der Waals surface area contributed by atoms with Crippen LogP contribution < -0.4 is 0 Å². The predicted octanol–water partition coefficient (Wildman–Crippen LogP) is 2.76. The summed E-state index contributed by atoms with van der Waals surface area (Å²) in [7, 11) is 0. The molecule has 0 aromatic heterocycles. The number of hydrogen-bond donors (Lipinski definition) is 1. The van der Waals surface area contributed by atoms with Crippen LogP contribution in [0.4, 0.5) is 0 Å². The van der Waals surface area contributed by atoms with Crippen LogP contribution in [0.15, 0.2) is 0 Å². The van der Waals surface area contributed by atoms with Gasteiger partial charge in [0, 0.05) is 5.92 Å². The summed E-state index contributed by atoms with van der Waals surface area (Å²) in [5, 5.41) is 9.78. The Morgan fingerprint density at radius 3 is 2.19 bits per heavy atom. The quantitative estimate of drug-likeness (QED) is 0.684. The van der Waals surface area contributed by atoms with Gasteiger partial charge in [-0.15, -0.1) is 0 Å². The van der Waals surface area contributed by atoms with E-state index in [4.69, 9.17) is 4.74 Å². The Morgan fingerprint density at radius 1 is 1.25 bits per heavy atom. The second-order valence-electron chi connectivity index (χ2n) is 4.75. The van der Waals surface area contributed by atoms with E-state index in [9.17, 15) is 9.90 Å². The molecule has 0 aliphatic carbocycles. The number of carbonyl (C=O) groups is 1. The van der Waals surface area contributed by atoms with Gasteiger partial charge < -0.3 is 9.84 Å². The zero-order valence-electron chi connectivity index (χ0n) is 11.2. The molecule has 0 saturated heterocycles. The highest BCUT2D eigenvalue weighted by Gasteiger charge is 2.26. The van der Waals surface area contributed by atoms with E-state index in [0.29, 0.717) is 6.42 Å². The van der Waals surface area contributed by atoms with E-state index in [2.05, 4.69) is 6.92 Å². The first kappa shape index (κ1) is 15.4. The summed E-state index contributed by atoms with van der Waals surface area (Å²) >= 11 is 0. The van der Waals surface area contributed by atoms with Crippen LogP contribution in [0.1, 0.15) is 53.9 Å². The SMILES string of the molecule is CCC[C@@H](OC(=O)C(C)C)[C@H](C)[C@H](O)CC. The zero-order chi connectivity index (χ0) is 12.7. The number of aliphatic hydroxyl groups is 1. The van der Waals surface area contributed by atoms with E-state index in [0.717, 1.165) is 12.8 Å². The number of rotatable bonds is 7. The summed E-state index contributed by atoms with van der Waals surface area (Å²) in [5.41, 5.74) is 0. The Balaban J connectivity index is 4.42. The lowest BCUT2D eigenvalue weighted by atomic mass is 9.93. The highest BCUT2D eigenvalue weighted by atomic mass is 16.5. The van der Waals surface area contributed by atoms with Gasteiger partial charge in [0.15, 0.2) is 0 Å². The largest absolute Gasteiger partial charge is 0.462 e. The monoisotopic (exact) mass is 230 g/mol. The first-order valence-electron chi connectivity index (χ1n) is 6.32. The van der Waals surface area contributed by atoms with Crippen LogP contribution in [0.2, 0.25) is 0 Å². The molecule has 1 N–H and O–H groups in total. The second-order valence-corrected chi connectivity index (χ2v) is 4.75. The molecule has 0 rings (SSSR count). The van der Waals surface area contributed by atoms with Gasteiger partial charge in [-0.2, -0.15) is 0 Å². The van der Waals surface area contributed by atoms with E-state index in [1.54, 1.807) is 0 Å². The van der Waals surface area contributed by atoms with Crippen molar-refractivity contribution in [3.05, 3.63) is 0 Å². The maximum absolute atomic E-state index is 11.5. The fourth-order valence-corrected chi connectivity index (χ4v) is 1.62. The predicted molar refractivity (Wildman–Crippen MR) is 65.1 cm³/mol. The van der Waals surface area contributed by atoms with Crippen LogP contribution in [0.5, 0.6) is 0 Å². The summed E-state index contributed by atoms with van der Waals surface area (Å²) in [5.74, 6) is -0.272. The van der Waals surface area contributed by atoms with E-state index < -0.39 is 6.10 Å². The van der Waals surface area contributed by atoms with Gasteiger partial charge in [0.05, 0.1) is 12.0 Å². The third-order valence-corrected chi connectivity index (χ3v) is 2.92. The van der Waals surface area contributed by atoms with Crippen LogP contribution in [-0.2, 0) is 9.53 Å². The lowest BCUT2D eigenvalue weighted by Gasteiger charge is -2.27. The highest BCUT2D eigenvalue weighted by Crippen LogP contribution is 2.20. The minimum atomic E-state index is -0.392. The highest BCUT2D eigenvalue weighted by molar-refractivity contribution is 5.71. The van der Waals surface area contributed by atoms with Crippen LogP contribution in [0, 0.1) is 11.8 Å². The Labute approximate surface area is 99.2 Å². The normalized spacial score (nSPS) is 16.9. The van der Waals surface area contributed by atoms with Crippen molar-refractivity contribution >= 4 is 5.97 Å². The number of aliphatic hydroxyl groups excluding tert-OH is 1. The van der Waals surface area contributed by atoms with Gasteiger partial charge in [0.1, 0.15) is 6.10 Å². The third-order valence-electron chi connectivity index (χ3n) is 2.92. The van der Waals surface area contributed by atoms with Crippen molar-refractivity contribution in [3.63, 3.8) is 0 Å². The van der Waals surface area contributed by atoms with Crippen molar-refractivity contribution < 1.29 is 14.6 Å². The molecule has 16 heavy (non-hydrogen) atoms. The number of carbonyl (C=O) groups excluding carboxylic acids is 1. The van der Waals surface area contributed by atoms with Gasteiger partial charge in [-0.3, -0.25) is 4.79 Å². The molecule has 0 bridgehead atoms. The average Bonchev–Trinajstić information content (AvgIpc) is 2.26. The van der Waals surface area contributed by atoms with Gasteiger partial charge in [0.25, 0.3) is 0 Å². The Morgan fingerprint density at radius 2 is 1.81 bits per heavy atom. The smallest absolute Gasteiger partial charge is 0.308 e. The van der Waals surface area contributed by atoms with Gasteiger partial charge >= 0.3 is 5.97 Å². The first-order chi connectivity index (χ1) is 7.43. The van der Waals surface area contributed by atoms with Crippen molar-refractivity contribution in [1.82, 2.24) is 0 Å². The molecule has 3 heteroatoms. The van der Waals surface area contributed by atoms with Gasteiger partial charge in [-0.25, -0.2) is 0 Å². The van der Waals surface area contributed by atoms with Crippen molar-refractivity contribution in [2.24, 2.45) is 11.8 Å². The molecule has 3 atom stereocenters. The average molecular weight is 230 g/mol. The molecule has 0 amide bonds. The Hall–Kier alpha value is -0.570.